The number of hydrogen-bond donors (Lipinski definition) is 0. The first-order chi connectivity index (χ1) is 8.49. The third-order valence-corrected chi connectivity index (χ3v) is 3.03. The Morgan fingerprint density at radius 1 is 1.44 bits per heavy atom. The van der Waals surface area contributed by atoms with E-state index in [1.54, 1.807) is 26.2 Å². The van der Waals surface area contributed by atoms with E-state index >= 15 is 0 Å². The van der Waals surface area contributed by atoms with Crippen LogP contribution >= 0.6 is 0 Å². The molecule has 1 aromatic carbocycles. The molecule has 2 rings (SSSR count). The molecule has 18 heavy (non-hydrogen) atoms. The monoisotopic (exact) mass is 250 g/mol. The van der Waals surface area contributed by atoms with E-state index in [0.717, 1.165) is 0 Å². The molecule has 1 heterocycles. The van der Waals surface area contributed by atoms with Crippen LogP contribution in [0.1, 0.15) is 6.42 Å². The summed E-state index contributed by atoms with van der Waals surface area (Å²) in [5.41, 5.74) is 0.508. The van der Waals surface area contributed by atoms with E-state index in [1.807, 2.05) is 0 Å². The van der Waals surface area contributed by atoms with Crippen LogP contribution in [0.5, 0.6) is 0 Å². The van der Waals surface area contributed by atoms with Gasteiger partial charge in [0.1, 0.15) is 5.82 Å². The summed E-state index contributed by atoms with van der Waals surface area (Å²) >= 11 is 0. The van der Waals surface area contributed by atoms with Crippen molar-refractivity contribution >= 4 is 17.5 Å². The standard InChI is InChI=1S/C13H15FN2O2/c1-15(2)13(18)9-6-12(17)16(8-9)11-5-3-4-10(14)7-11/h3-5,7,9H,6,8H2,1-2H3. The van der Waals surface area contributed by atoms with Gasteiger partial charge in [-0.25, -0.2) is 4.39 Å². The summed E-state index contributed by atoms with van der Waals surface area (Å²) in [7, 11) is 3.33. The molecule has 0 aliphatic carbocycles. The Labute approximate surface area is 105 Å². The number of halogens is 1. The quantitative estimate of drug-likeness (QED) is 0.793. The highest BCUT2D eigenvalue weighted by Crippen LogP contribution is 2.26. The van der Waals surface area contributed by atoms with Gasteiger partial charge in [0.25, 0.3) is 0 Å². The molecule has 0 bridgehead atoms. The third-order valence-electron chi connectivity index (χ3n) is 3.03. The van der Waals surface area contributed by atoms with E-state index in [1.165, 1.54) is 21.9 Å². The first-order valence-corrected chi connectivity index (χ1v) is 5.76. The molecule has 0 aromatic heterocycles. The van der Waals surface area contributed by atoms with Gasteiger partial charge >= 0.3 is 0 Å². The topological polar surface area (TPSA) is 40.6 Å². The predicted molar refractivity (Wildman–Crippen MR) is 65.6 cm³/mol. The zero-order chi connectivity index (χ0) is 13.3. The van der Waals surface area contributed by atoms with Crippen LogP contribution in [0, 0.1) is 11.7 Å². The van der Waals surface area contributed by atoms with Crippen molar-refractivity contribution in [1.82, 2.24) is 4.90 Å². The molecule has 1 atom stereocenters. The Kier molecular flexibility index (Phi) is 3.32. The zero-order valence-electron chi connectivity index (χ0n) is 10.4. The van der Waals surface area contributed by atoms with Crippen LogP contribution in [0.4, 0.5) is 10.1 Å². The molecule has 1 unspecified atom stereocenters. The second kappa shape index (κ2) is 4.76. The summed E-state index contributed by atoms with van der Waals surface area (Å²) in [6.07, 6.45) is 0.188. The first-order valence-electron chi connectivity index (χ1n) is 5.76. The van der Waals surface area contributed by atoms with Gasteiger partial charge in [0.05, 0.1) is 5.92 Å². The molecule has 2 amide bonds. The van der Waals surface area contributed by atoms with Crippen LogP contribution in [0.2, 0.25) is 0 Å². The number of nitrogens with zero attached hydrogens (tertiary/aromatic N) is 2. The van der Waals surface area contributed by atoms with Gasteiger partial charge in [-0.05, 0) is 18.2 Å². The molecular weight excluding hydrogens is 235 g/mol. The van der Waals surface area contributed by atoms with Crippen molar-refractivity contribution in [2.75, 3.05) is 25.5 Å². The number of benzene rings is 1. The number of carbonyl (C=O) groups excluding carboxylic acids is 2. The summed E-state index contributed by atoms with van der Waals surface area (Å²) in [4.78, 5) is 26.6. The largest absolute Gasteiger partial charge is 0.349 e. The fourth-order valence-corrected chi connectivity index (χ4v) is 2.13. The Bertz CT molecular complexity index is 488. The Hall–Kier alpha value is -1.91. The average Bonchev–Trinajstić information content (AvgIpc) is 2.70. The molecule has 96 valence electrons. The van der Waals surface area contributed by atoms with Crippen LogP contribution in [0.3, 0.4) is 0 Å². The summed E-state index contributed by atoms with van der Waals surface area (Å²) in [5, 5.41) is 0. The smallest absolute Gasteiger partial charge is 0.227 e. The van der Waals surface area contributed by atoms with Gasteiger partial charge < -0.3 is 9.80 Å². The molecule has 0 N–H and O–H groups in total. The Morgan fingerprint density at radius 2 is 2.17 bits per heavy atom. The molecule has 5 heteroatoms. The molecule has 1 fully saturated rings. The molecule has 1 aliphatic rings. The number of amides is 2. The van der Waals surface area contributed by atoms with Crippen molar-refractivity contribution in [1.29, 1.82) is 0 Å². The number of rotatable bonds is 2. The van der Waals surface area contributed by atoms with Gasteiger partial charge in [0.15, 0.2) is 0 Å². The summed E-state index contributed by atoms with van der Waals surface area (Å²) in [5.74, 6) is -0.929. The van der Waals surface area contributed by atoms with Crippen molar-refractivity contribution in [3.8, 4) is 0 Å². The van der Waals surface area contributed by atoms with Crippen molar-refractivity contribution < 1.29 is 14.0 Å². The SMILES string of the molecule is CN(C)C(=O)C1CC(=O)N(c2cccc(F)c2)C1. The zero-order valence-corrected chi connectivity index (χ0v) is 10.4. The lowest BCUT2D eigenvalue weighted by Gasteiger charge is -2.18. The van der Waals surface area contributed by atoms with E-state index in [4.69, 9.17) is 0 Å². The minimum Gasteiger partial charge on any atom is -0.349 e. The fraction of sp³-hybridized carbons (Fsp3) is 0.385. The van der Waals surface area contributed by atoms with Gasteiger partial charge in [-0.2, -0.15) is 0 Å². The molecule has 0 radical (unpaired) electrons. The molecule has 1 saturated heterocycles. The molecular formula is C13H15FN2O2. The molecule has 1 aromatic rings. The maximum atomic E-state index is 13.1. The lowest BCUT2D eigenvalue weighted by atomic mass is 10.1. The predicted octanol–water partition coefficient (Wildman–Crippen LogP) is 1.27. The Balaban J connectivity index is 2.17. The number of carbonyl (C=O) groups is 2. The minimum atomic E-state index is -0.386. The second-order valence-corrected chi connectivity index (χ2v) is 4.62. The van der Waals surface area contributed by atoms with Crippen LogP contribution < -0.4 is 4.90 Å². The van der Waals surface area contributed by atoms with Crippen LogP contribution in [0.25, 0.3) is 0 Å². The Morgan fingerprint density at radius 3 is 2.78 bits per heavy atom. The maximum Gasteiger partial charge on any atom is 0.227 e. The maximum absolute atomic E-state index is 13.1. The normalized spacial score (nSPS) is 19.2. The number of hydrogen-bond acceptors (Lipinski definition) is 2. The van der Waals surface area contributed by atoms with Gasteiger partial charge in [0.2, 0.25) is 11.8 Å². The molecule has 0 saturated carbocycles. The van der Waals surface area contributed by atoms with Crippen molar-refractivity contribution in [2.45, 2.75) is 6.42 Å². The van der Waals surface area contributed by atoms with Crippen molar-refractivity contribution in [2.24, 2.45) is 5.92 Å². The van der Waals surface area contributed by atoms with Gasteiger partial charge in [-0.3, -0.25) is 9.59 Å². The highest BCUT2D eigenvalue weighted by Gasteiger charge is 2.35. The molecule has 0 spiro atoms. The highest BCUT2D eigenvalue weighted by atomic mass is 19.1. The summed E-state index contributed by atoms with van der Waals surface area (Å²) in [6, 6.07) is 5.86. The van der Waals surface area contributed by atoms with Gasteiger partial charge in [-0.15, -0.1) is 0 Å². The molecule has 4 nitrogen and oxygen atoms in total. The summed E-state index contributed by atoms with van der Waals surface area (Å²) < 4.78 is 13.1. The van der Waals surface area contributed by atoms with Crippen molar-refractivity contribution in [3.05, 3.63) is 30.1 Å². The molecule has 1 aliphatic heterocycles. The van der Waals surface area contributed by atoms with E-state index < -0.39 is 0 Å². The average molecular weight is 250 g/mol. The second-order valence-electron chi connectivity index (χ2n) is 4.62. The fourth-order valence-electron chi connectivity index (χ4n) is 2.13. The van der Waals surface area contributed by atoms with E-state index in [9.17, 15) is 14.0 Å². The number of anilines is 1. The van der Waals surface area contributed by atoms with Gasteiger partial charge in [0, 0.05) is 32.7 Å². The minimum absolute atomic E-state index is 0.0674. The van der Waals surface area contributed by atoms with E-state index in [0.29, 0.717) is 12.2 Å². The van der Waals surface area contributed by atoms with E-state index in [2.05, 4.69) is 0 Å². The lowest BCUT2D eigenvalue weighted by molar-refractivity contribution is -0.133. The van der Waals surface area contributed by atoms with Crippen LogP contribution in [-0.4, -0.2) is 37.4 Å². The van der Waals surface area contributed by atoms with Gasteiger partial charge in [-0.1, -0.05) is 6.07 Å². The third kappa shape index (κ3) is 2.34. The highest BCUT2D eigenvalue weighted by molar-refractivity contribution is 6.00. The summed E-state index contributed by atoms with van der Waals surface area (Å²) in [6.45, 7) is 0.319. The first kappa shape index (κ1) is 12.5. The lowest BCUT2D eigenvalue weighted by Crippen LogP contribution is -2.32. The van der Waals surface area contributed by atoms with Crippen LogP contribution in [-0.2, 0) is 9.59 Å². The van der Waals surface area contributed by atoms with E-state index in [-0.39, 0.29) is 30.0 Å². The van der Waals surface area contributed by atoms with Crippen LogP contribution in [0.15, 0.2) is 24.3 Å². The van der Waals surface area contributed by atoms with Crippen molar-refractivity contribution in [3.63, 3.8) is 0 Å².